The number of nitrogens with zero attached hydrogens (tertiary/aromatic N) is 4. The maximum atomic E-state index is 12.5. The Hall–Kier alpha value is -2.86. The Labute approximate surface area is 193 Å². The highest BCUT2D eigenvalue weighted by atomic mass is 32.2. The molecule has 0 spiro atoms. The standard InChI is InChI=1S/C22H28N6O4S/c1-16-24-15-21(28(16)11-13-31-2)20-9-10-23-22(27-20)26-17-5-7-19(8-6-17)33(29,30)25-14-18-4-3-12-32-18/h5-10,15,18,25H,3-4,11-14H2,1-2H3,(H,23,26,27). The first-order chi connectivity index (χ1) is 16.0. The third kappa shape index (κ3) is 5.74. The van der Waals surface area contributed by atoms with Crippen LogP contribution in [0.25, 0.3) is 11.4 Å². The molecule has 2 aromatic heterocycles. The monoisotopic (exact) mass is 472 g/mol. The van der Waals surface area contributed by atoms with Gasteiger partial charge in [0.15, 0.2) is 0 Å². The van der Waals surface area contributed by atoms with E-state index in [9.17, 15) is 8.42 Å². The van der Waals surface area contributed by atoms with Crippen LogP contribution in [0.4, 0.5) is 11.6 Å². The Balaban J connectivity index is 1.44. The molecule has 0 saturated carbocycles. The van der Waals surface area contributed by atoms with Gasteiger partial charge in [0.1, 0.15) is 5.82 Å². The van der Waals surface area contributed by atoms with E-state index < -0.39 is 10.0 Å². The molecule has 11 heteroatoms. The van der Waals surface area contributed by atoms with E-state index in [-0.39, 0.29) is 17.5 Å². The molecule has 3 heterocycles. The van der Waals surface area contributed by atoms with E-state index in [4.69, 9.17) is 9.47 Å². The molecule has 0 radical (unpaired) electrons. The molecule has 33 heavy (non-hydrogen) atoms. The molecule has 1 unspecified atom stereocenters. The van der Waals surface area contributed by atoms with E-state index in [0.717, 1.165) is 30.1 Å². The van der Waals surface area contributed by atoms with E-state index in [1.54, 1.807) is 43.8 Å². The Morgan fingerprint density at radius 2 is 2.03 bits per heavy atom. The number of nitrogens with one attached hydrogen (secondary N) is 2. The van der Waals surface area contributed by atoms with Gasteiger partial charge in [-0.25, -0.2) is 28.1 Å². The molecule has 0 bridgehead atoms. The molecule has 10 nitrogen and oxygen atoms in total. The maximum absolute atomic E-state index is 12.5. The van der Waals surface area contributed by atoms with Crippen LogP contribution in [0, 0.1) is 6.92 Å². The van der Waals surface area contributed by atoms with Gasteiger partial charge in [0.25, 0.3) is 0 Å². The first-order valence-corrected chi connectivity index (χ1v) is 12.3. The highest BCUT2D eigenvalue weighted by Crippen LogP contribution is 2.22. The largest absolute Gasteiger partial charge is 0.383 e. The van der Waals surface area contributed by atoms with E-state index in [0.29, 0.717) is 31.4 Å². The molecule has 4 rings (SSSR count). The van der Waals surface area contributed by atoms with Crippen molar-refractivity contribution in [2.45, 2.75) is 37.3 Å². The third-order valence-electron chi connectivity index (χ3n) is 5.44. The van der Waals surface area contributed by atoms with Crippen molar-refractivity contribution in [3.8, 4) is 11.4 Å². The fraction of sp³-hybridized carbons (Fsp3) is 0.409. The molecule has 2 N–H and O–H groups in total. The number of anilines is 2. The predicted octanol–water partition coefficient (Wildman–Crippen LogP) is 2.50. The van der Waals surface area contributed by atoms with Crippen molar-refractivity contribution in [1.82, 2.24) is 24.2 Å². The quantitative estimate of drug-likeness (QED) is 0.462. The van der Waals surface area contributed by atoms with Crippen molar-refractivity contribution in [2.24, 2.45) is 0 Å². The summed E-state index contributed by atoms with van der Waals surface area (Å²) >= 11 is 0. The molecule has 1 aromatic carbocycles. The van der Waals surface area contributed by atoms with Crippen LogP contribution in [-0.2, 0) is 26.0 Å². The first kappa shape index (κ1) is 23.3. The van der Waals surface area contributed by atoms with Crippen LogP contribution in [0.5, 0.6) is 0 Å². The number of methoxy groups -OCH3 is 1. The molecule has 0 aliphatic carbocycles. The Morgan fingerprint density at radius 1 is 1.21 bits per heavy atom. The first-order valence-electron chi connectivity index (χ1n) is 10.8. The number of rotatable bonds is 10. The lowest BCUT2D eigenvalue weighted by Crippen LogP contribution is -2.31. The van der Waals surface area contributed by atoms with Gasteiger partial charge in [-0.05, 0) is 50.1 Å². The number of ether oxygens (including phenoxy) is 2. The van der Waals surface area contributed by atoms with Crippen molar-refractivity contribution in [1.29, 1.82) is 0 Å². The van der Waals surface area contributed by atoms with Crippen LogP contribution in [0.15, 0.2) is 47.6 Å². The molecule has 1 aliphatic heterocycles. The van der Waals surface area contributed by atoms with Crippen molar-refractivity contribution in [3.05, 3.63) is 48.5 Å². The number of imidazole rings is 1. The maximum Gasteiger partial charge on any atom is 0.240 e. The highest BCUT2D eigenvalue weighted by Gasteiger charge is 2.20. The zero-order valence-corrected chi connectivity index (χ0v) is 19.5. The summed E-state index contributed by atoms with van der Waals surface area (Å²) in [6, 6.07) is 8.29. The number of sulfonamides is 1. The second-order valence-electron chi connectivity index (χ2n) is 7.74. The minimum atomic E-state index is -3.60. The van der Waals surface area contributed by atoms with E-state index >= 15 is 0 Å². The SMILES string of the molecule is COCCn1c(-c2ccnc(Nc3ccc(S(=O)(=O)NCC4CCCO4)cc3)n2)cnc1C. The lowest BCUT2D eigenvalue weighted by molar-refractivity contribution is 0.114. The summed E-state index contributed by atoms with van der Waals surface area (Å²) in [5.74, 6) is 1.27. The number of hydrogen-bond donors (Lipinski definition) is 2. The molecular formula is C22H28N6O4S. The van der Waals surface area contributed by atoms with Gasteiger partial charge < -0.3 is 19.4 Å². The molecule has 176 valence electrons. The van der Waals surface area contributed by atoms with E-state index in [1.165, 1.54) is 0 Å². The van der Waals surface area contributed by atoms with Crippen LogP contribution in [0.3, 0.4) is 0 Å². The van der Waals surface area contributed by atoms with Gasteiger partial charge in [-0.1, -0.05) is 0 Å². The van der Waals surface area contributed by atoms with Gasteiger partial charge >= 0.3 is 0 Å². The molecule has 3 aromatic rings. The average molecular weight is 473 g/mol. The Bertz CT molecular complexity index is 1170. The number of aromatic nitrogens is 4. The van der Waals surface area contributed by atoms with E-state index in [2.05, 4.69) is 25.0 Å². The summed E-state index contributed by atoms with van der Waals surface area (Å²) in [7, 11) is -1.94. The molecule has 1 aliphatic rings. The number of benzene rings is 1. The number of hydrogen-bond acceptors (Lipinski definition) is 8. The smallest absolute Gasteiger partial charge is 0.240 e. The highest BCUT2D eigenvalue weighted by molar-refractivity contribution is 7.89. The summed E-state index contributed by atoms with van der Waals surface area (Å²) in [5.41, 5.74) is 2.27. The van der Waals surface area contributed by atoms with Crippen LogP contribution in [0.2, 0.25) is 0 Å². The van der Waals surface area contributed by atoms with Crippen molar-refractivity contribution >= 4 is 21.7 Å². The molecule has 1 saturated heterocycles. The van der Waals surface area contributed by atoms with Crippen molar-refractivity contribution < 1.29 is 17.9 Å². The molecular weight excluding hydrogens is 444 g/mol. The zero-order valence-electron chi connectivity index (χ0n) is 18.7. The van der Waals surface area contributed by atoms with Gasteiger partial charge in [0, 0.05) is 38.7 Å². The molecule has 0 amide bonds. The van der Waals surface area contributed by atoms with Gasteiger partial charge in [0.05, 0.1) is 35.2 Å². The van der Waals surface area contributed by atoms with Crippen LogP contribution in [-0.4, -0.2) is 60.9 Å². The van der Waals surface area contributed by atoms with Crippen LogP contribution in [0.1, 0.15) is 18.7 Å². The lowest BCUT2D eigenvalue weighted by atomic mass is 10.2. The zero-order chi connectivity index (χ0) is 23.3. The predicted molar refractivity (Wildman–Crippen MR) is 124 cm³/mol. The summed E-state index contributed by atoms with van der Waals surface area (Å²) < 4.78 is 40.4. The second kappa shape index (κ2) is 10.4. The minimum absolute atomic E-state index is 0.0558. The Kier molecular flexibility index (Phi) is 7.33. The number of aryl methyl sites for hydroxylation is 1. The van der Waals surface area contributed by atoms with Crippen LogP contribution >= 0.6 is 0 Å². The van der Waals surface area contributed by atoms with Gasteiger partial charge in [-0.15, -0.1) is 0 Å². The summed E-state index contributed by atoms with van der Waals surface area (Å²) in [6.07, 6.45) is 5.23. The van der Waals surface area contributed by atoms with Crippen LogP contribution < -0.4 is 10.0 Å². The topological polar surface area (TPSA) is 120 Å². The normalized spacial score (nSPS) is 16.2. The van der Waals surface area contributed by atoms with Gasteiger partial charge in [-0.3, -0.25) is 0 Å². The average Bonchev–Trinajstić information content (AvgIpc) is 3.47. The fourth-order valence-corrected chi connectivity index (χ4v) is 4.70. The van der Waals surface area contributed by atoms with Crippen molar-refractivity contribution in [2.75, 3.05) is 32.2 Å². The second-order valence-corrected chi connectivity index (χ2v) is 9.50. The molecule has 1 atom stereocenters. The summed E-state index contributed by atoms with van der Waals surface area (Å²) in [5, 5.41) is 3.13. The molecule has 1 fully saturated rings. The fourth-order valence-electron chi connectivity index (χ4n) is 3.64. The lowest BCUT2D eigenvalue weighted by Gasteiger charge is -2.12. The van der Waals surface area contributed by atoms with Gasteiger partial charge in [0.2, 0.25) is 16.0 Å². The summed E-state index contributed by atoms with van der Waals surface area (Å²) in [4.78, 5) is 13.5. The minimum Gasteiger partial charge on any atom is -0.383 e. The Morgan fingerprint density at radius 3 is 2.76 bits per heavy atom. The third-order valence-corrected chi connectivity index (χ3v) is 6.88. The van der Waals surface area contributed by atoms with Gasteiger partial charge in [-0.2, -0.15) is 0 Å². The summed E-state index contributed by atoms with van der Waals surface area (Å²) in [6.45, 7) is 4.14. The van der Waals surface area contributed by atoms with E-state index in [1.807, 2.05) is 17.6 Å². The van der Waals surface area contributed by atoms with Crippen molar-refractivity contribution in [3.63, 3.8) is 0 Å².